The zero-order valence-corrected chi connectivity index (χ0v) is 8.01. The first-order chi connectivity index (χ1) is 5.25. The third-order valence-corrected chi connectivity index (χ3v) is 2.71. The maximum absolute atomic E-state index is 2.56. The molecule has 0 aliphatic carbocycles. The van der Waals surface area contributed by atoms with Crippen LogP contribution >= 0.6 is 0 Å². The summed E-state index contributed by atoms with van der Waals surface area (Å²) >= 11 is 0. The molecule has 0 aromatic carbocycles. The first-order valence-corrected chi connectivity index (χ1v) is 4.70. The molecular weight excluding hydrogens is 136 g/mol. The molecule has 1 atom stereocenters. The van der Waals surface area contributed by atoms with E-state index >= 15 is 0 Å². The van der Waals surface area contributed by atoms with Crippen molar-refractivity contribution in [3.05, 3.63) is 0 Å². The van der Waals surface area contributed by atoms with E-state index in [1.165, 1.54) is 32.5 Å². The van der Waals surface area contributed by atoms with Crippen LogP contribution in [0.25, 0.3) is 0 Å². The van der Waals surface area contributed by atoms with Gasteiger partial charge in [-0.25, -0.2) is 0 Å². The van der Waals surface area contributed by atoms with E-state index in [2.05, 4.69) is 30.7 Å². The van der Waals surface area contributed by atoms with Crippen molar-refractivity contribution in [1.82, 2.24) is 9.80 Å². The summed E-state index contributed by atoms with van der Waals surface area (Å²) in [4.78, 5) is 4.97. The van der Waals surface area contributed by atoms with E-state index in [0.29, 0.717) is 6.17 Å². The molecule has 0 amide bonds. The van der Waals surface area contributed by atoms with Crippen LogP contribution in [-0.4, -0.2) is 42.6 Å². The van der Waals surface area contributed by atoms with E-state index < -0.39 is 0 Å². The summed E-state index contributed by atoms with van der Waals surface area (Å²) in [5, 5.41) is 0. The molecule has 66 valence electrons. The Balaban J connectivity index is 2.24. The van der Waals surface area contributed by atoms with Crippen LogP contribution in [0.15, 0.2) is 0 Å². The molecular formula is C9H20N2. The van der Waals surface area contributed by atoms with Gasteiger partial charge in [0, 0.05) is 13.1 Å². The minimum atomic E-state index is 0.668. The van der Waals surface area contributed by atoms with Gasteiger partial charge in [-0.2, -0.15) is 0 Å². The largest absolute Gasteiger partial charge is 0.290 e. The first-order valence-electron chi connectivity index (χ1n) is 4.70. The van der Waals surface area contributed by atoms with Crippen LogP contribution in [-0.2, 0) is 0 Å². The van der Waals surface area contributed by atoms with Crippen molar-refractivity contribution in [2.75, 3.05) is 26.7 Å². The van der Waals surface area contributed by atoms with E-state index in [1.807, 2.05) is 0 Å². The lowest BCUT2D eigenvalue weighted by atomic mass is 10.3. The number of hydrogen-bond donors (Lipinski definition) is 0. The molecule has 1 fully saturated rings. The summed E-state index contributed by atoms with van der Waals surface area (Å²) in [6.07, 6.45) is 3.33. The quantitative estimate of drug-likeness (QED) is 0.609. The Hall–Kier alpha value is -0.0800. The Morgan fingerprint density at radius 3 is 2.55 bits per heavy atom. The van der Waals surface area contributed by atoms with Crippen LogP contribution in [0.3, 0.4) is 0 Å². The highest BCUT2D eigenvalue weighted by Crippen LogP contribution is 2.11. The van der Waals surface area contributed by atoms with Crippen LogP contribution in [0, 0.1) is 0 Å². The molecule has 0 bridgehead atoms. The van der Waals surface area contributed by atoms with Gasteiger partial charge in [0.1, 0.15) is 0 Å². The predicted octanol–water partition coefficient (Wildman–Crippen LogP) is 1.38. The first kappa shape index (κ1) is 9.01. The van der Waals surface area contributed by atoms with E-state index in [0.717, 1.165) is 0 Å². The van der Waals surface area contributed by atoms with Crippen LogP contribution in [0.1, 0.15) is 26.7 Å². The molecule has 0 spiro atoms. The van der Waals surface area contributed by atoms with Gasteiger partial charge in [-0.3, -0.25) is 9.80 Å². The topological polar surface area (TPSA) is 6.48 Å². The van der Waals surface area contributed by atoms with Gasteiger partial charge in [-0.05, 0) is 26.9 Å². The van der Waals surface area contributed by atoms with E-state index in [-0.39, 0.29) is 0 Å². The standard InChI is InChI=1S/C9H20N2/c1-4-5-6-11-8-7-10(3)9(11)2/h9H,4-8H2,1-3H3. The molecule has 1 saturated heterocycles. The molecule has 0 aromatic heterocycles. The molecule has 2 nitrogen and oxygen atoms in total. The molecule has 0 N–H and O–H groups in total. The third kappa shape index (κ3) is 2.17. The molecule has 2 heteroatoms. The minimum absolute atomic E-state index is 0.668. The van der Waals surface area contributed by atoms with Gasteiger partial charge in [0.25, 0.3) is 0 Å². The van der Waals surface area contributed by atoms with Gasteiger partial charge < -0.3 is 0 Å². The summed E-state index contributed by atoms with van der Waals surface area (Å²) in [6, 6.07) is 0. The number of likely N-dealkylation sites (N-methyl/N-ethyl adjacent to an activating group) is 1. The Morgan fingerprint density at radius 2 is 2.09 bits per heavy atom. The molecule has 0 saturated carbocycles. The van der Waals surface area contributed by atoms with Crippen LogP contribution < -0.4 is 0 Å². The molecule has 1 rings (SSSR count). The Labute approximate surface area is 70.2 Å². The highest BCUT2D eigenvalue weighted by molar-refractivity contribution is 4.75. The van der Waals surface area contributed by atoms with Gasteiger partial charge in [-0.15, -0.1) is 0 Å². The SMILES string of the molecule is CCCCN1CCN(C)C1C. The van der Waals surface area contributed by atoms with Gasteiger partial charge in [0.15, 0.2) is 0 Å². The molecule has 1 heterocycles. The average molecular weight is 156 g/mol. The van der Waals surface area contributed by atoms with Crippen LogP contribution in [0.5, 0.6) is 0 Å². The summed E-state index contributed by atoms with van der Waals surface area (Å²) in [5.74, 6) is 0. The second-order valence-electron chi connectivity index (χ2n) is 3.50. The van der Waals surface area contributed by atoms with E-state index in [9.17, 15) is 0 Å². The summed E-state index contributed by atoms with van der Waals surface area (Å²) in [6.45, 7) is 8.33. The lowest BCUT2D eigenvalue weighted by Crippen LogP contribution is -2.34. The highest BCUT2D eigenvalue weighted by atomic mass is 15.4. The van der Waals surface area contributed by atoms with Crippen molar-refractivity contribution in [1.29, 1.82) is 0 Å². The number of rotatable bonds is 3. The fourth-order valence-electron chi connectivity index (χ4n) is 1.60. The van der Waals surface area contributed by atoms with Crippen molar-refractivity contribution in [2.24, 2.45) is 0 Å². The molecule has 1 aliphatic rings. The zero-order valence-electron chi connectivity index (χ0n) is 8.01. The monoisotopic (exact) mass is 156 g/mol. The van der Waals surface area contributed by atoms with Gasteiger partial charge in [0.05, 0.1) is 6.17 Å². The Kier molecular flexibility index (Phi) is 3.34. The summed E-state index contributed by atoms with van der Waals surface area (Å²) in [7, 11) is 2.20. The predicted molar refractivity (Wildman–Crippen MR) is 48.6 cm³/mol. The second kappa shape index (κ2) is 4.07. The summed E-state index contributed by atoms with van der Waals surface area (Å²) < 4.78 is 0. The molecule has 1 aliphatic heterocycles. The molecule has 0 aromatic rings. The van der Waals surface area contributed by atoms with Crippen molar-refractivity contribution >= 4 is 0 Å². The van der Waals surface area contributed by atoms with E-state index in [4.69, 9.17) is 0 Å². The summed E-state index contributed by atoms with van der Waals surface area (Å²) in [5.41, 5.74) is 0. The smallest absolute Gasteiger partial charge is 0.0591 e. The van der Waals surface area contributed by atoms with Crippen LogP contribution in [0.4, 0.5) is 0 Å². The van der Waals surface area contributed by atoms with E-state index in [1.54, 1.807) is 0 Å². The Bertz CT molecular complexity index is 114. The lowest BCUT2D eigenvalue weighted by molar-refractivity contribution is 0.175. The zero-order chi connectivity index (χ0) is 8.27. The van der Waals surface area contributed by atoms with Crippen molar-refractivity contribution in [2.45, 2.75) is 32.9 Å². The normalized spacial score (nSPS) is 28.1. The second-order valence-corrected chi connectivity index (χ2v) is 3.50. The van der Waals surface area contributed by atoms with Crippen molar-refractivity contribution in [3.63, 3.8) is 0 Å². The van der Waals surface area contributed by atoms with Gasteiger partial charge in [-0.1, -0.05) is 13.3 Å². The maximum atomic E-state index is 2.56. The number of hydrogen-bond acceptors (Lipinski definition) is 2. The fraction of sp³-hybridized carbons (Fsp3) is 1.00. The molecule has 0 radical (unpaired) electrons. The number of nitrogens with zero attached hydrogens (tertiary/aromatic N) is 2. The number of unbranched alkanes of at least 4 members (excludes halogenated alkanes) is 1. The highest BCUT2D eigenvalue weighted by Gasteiger charge is 2.23. The lowest BCUT2D eigenvalue weighted by Gasteiger charge is -2.23. The fourth-order valence-corrected chi connectivity index (χ4v) is 1.60. The maximum Gasteiger partial charge on any atom is 0.0591 e. The Morgan fingerprint density at radius 1 is 1.36 bits per heavy atom. The van der Waals surface area contributed by atoms with Gasteiger partial charge >= 0.3 is 0 Å². The van der Waals surface area contributed by atoms with Crippen molar-refractivity contribution < 1.29 is 0 Å². The van der Waals surface area contributed by atoms with Crippen molar-refractivity contribution in [3.8, 4) is 0 Å². The third-order valence-electron chi connectivity index (χ3n) is 2.71. The van der Waals surface area contributed by atoms with Gasteiger partial charge in [0.2, 0.25) is 0 Å². The molecule has 1 unspecified atom stereocenters. The molecule has 11 heavy (non-hydrogen) atoms. The minimum Gasteiger partial charge on any atom is -0.290 e. The van der Waals surface area contributed by atoms with Crippen LogP contribution in [0.2, 0.25) is 0 Å². The average Bonchev–Trinajstić information content (AvgIpc) is 2.31.